The van der Waals surface area contributed by atoms with Crippen LogP contribution in [-0.4, -0.2) is 6.10 Å². The molecule has 0 aliphatic carbocycles. The van der Waals surface area contributed by atoms with Crippen LogP contribution in [0, 0.1) is 0 Å². The lowest BCUT2D eigenvalue weighted by molar-refractivity contribution is 0.190. The van der Waals surface area contributed by atoms with Gasteiger partial charge in [0.25, 0.3) is 0 Å². The summed E-state index contributed by atoms with van der Waals surface area (Å²) in [5.74, 6) is 1.02. The van der Waals surface area contributed by atoms with E-state index in [0.29, 0.717) is 6.10 Å². The van der Waals surface area contributed by atoms with Crippen molar-refractivity contribution in [1.29, 1.82) is 0 Å². The third-order valence-corrected chi connectivity index (χ3v) is 4.23. The Morgan fingerprint density at radius 1 is 0.870 bits per heavy atom. The van der Waals surface area contributed by atoms with Crippen molar-refractivity contribution in [3.8, 4) is 5.75 Å². The van der Waals surface area contributed by atoms with Crippen LogP contribution in [-0.2, 0) is 6.42 Å². The van der Waals surface area contributed by atoms with Crippen LogP contribution in [0.25, 0.3) is 0 Å². The average molecular weight is 317 g/mol. The lowest BCUT2D eigenvalue weighted by atomic mass is 10.1. The first kappa shape index (κ1) is 19.8. The maximum absolute atomic E-state index is 6.25. The molecule has 0 fully saturated rings. The Morgan fingerprint density at radius 3 is 2.26 bits per heavy atom. The van der Waals surface area contributed by atoms with Crippen molar-refractivity contribution >= 4 is 0 Å². The number of hydrogen-bond donors (Lipinski definition) is 0. The predicted octanol–water partition coefficient (Wildman–Crippen LogP) is 7.10. The number of ether oxygens (including phenoxy) is 1. The van der Waals surface area contributed by atoms with Gasteiger partial charge in [0, 0.05) is 6.42 Å². The van der Waals surface area contributed by atoms with E-state index in [1.54, 1.807) is 0 Å². The van der Waals surface area contributed by atoms with E-state index in [1.165, 1.54) is 50.5 Å². The molecule has 1 rings (SSSR count). The molecule has 1 aromatic carbocycles. The molecule has 0 aliphatic heterocycles. The molecule has 1 atom stereocenters. The van der Waals surface area contributed by atoms with Gasteiger partial charge in [-0.3, -0.25) is 0 Å². The summed E-state index contributed by atoms with van der Waals surface area (Å²) in [7, 11) is 0. The normalized spacial score (nSPS) is 12.7. The zero-order chi connectivity index (χ0) is 16.8. The van der Waals surface area contributed by atoms with E-state index in [-0.39, 0.29) is 0 Å². The van der Waals surface area contributed by atoms with Crippen molar-refractivity contribution in [3.05, 3.63) is 42.0 Å². The van der Waals surface area contributed by atoms with Gasteiger partial charge in [-0.1, -0.05) is 70.7 Å². The molecule has 1 unspecified atom stereocenters. The molecule has 23 heavy (non-hydrogen) atoms. The minimum absolute atomic E-state index is 0.316. The monoisotopic (exact) mass is 316 g/mol. The largest absolute Gasteiger partial charge is 0.490 e. The quantitative estimate of drug-likeness (QED) is 0.278. The second-order valence-electron chi connectivity index (χ2n) is 6.45. The van der Waals surface area contributed by atoms with Crippen LogP contribution in [0.15, 0.2) is 36.4 Å². The third-order valence-electron chi connectivity index (χ3n) is 4.23. The Balaban J connectivity index is 2.50. The first-order valence-electron chi connectivity index (χ1n) is 9.70. The molecule has 130 valence electrons. The van der Waals surface area contributed by atoms with E-state index in [9.17, 15) is 0 Å². The van der Waals surface area contributed by atoms with Gasteiger partial charge in [0.05, 0.1) is 0 Å². The molecule has 1 heteroatoms. The van der Waals surface area contributed by atoms with E-state index in [0.717, 1.165) is 25.0 Å². The highest BCUT2D eigenvalue weighted by atomic mass is 16.5. The lowest BCUT2D eigenvalue weighted by Crippen LogP contribution is -2.15. The molecule has 0 saturated carbocycles. The van der Waals surface area contributed by atoms with Gasteiger partial charge in [0.2, 0.25) is 0 Å². The topological polar surface area (TPSA) is 9.23 Å². The maximum Gasteiger partial charge on any atom is 0.119 e. The van der Waals surface area contributed by atoms with Crippen LogP contribution >= 0.6 is 0 Å². The van der Waals surface area contributed by atoms with E-state index >= 15 is 0 Å². The molecule has 0 radical (unpaired) electrons. The molecule has 0 aromatic heterocycles. The molecule has 0 amide bonds. The Bertz CT molecular complexity index is 404. The van der Waals surface area contributed by atoms with Crippen LogP contribution in [0.5, 0.6) is 5.75 Å². The molecule has 1 nitrogen and oxygen atoms in total. The Morgan fingerprint density at radius 2 is 1.61 bits per heavy atom. The van der Waals surface area contributed by atoms with E-state index in [1.807, 2.05) is 0 Å². The molecule has 0 N–H and O–H groups in total. The van der Waals surface area contributed by atoms with Gasteiger partial charge in [0.15, 0.2) is 0 Å². The molecule has 0 bridgehead atoms. The van der Waals surface area contributed by atoms with Crippen LogP contribution in [0.4, 0.5) is 0 Å². The van der Waals surface area contributed by atoms with E-state index in [2.05, 4.69) is 57.2 Å². The van der Waals surface area contributed by atoms with Crippen LogP contribution in [0.1, 0.15) is 84.1 Å². The first-order chi connectivity index (χ1) is 11.3. The Labute approximate surface area is 144 Å². The van der Waals surface area contributed by atoms with Crippen molar-refractivity contribution in [2.45, 2.75) is 91.1 Å². The van der Waals surface area contributed by atoms with Crippen molar-refractivity contribution in [1.82, 2.24) is 0 Å². The van der Waals surface area contributed by atoms with Gasteiger partial charge < -0.3 is 4.74 Å². The SMILES string of the molecule is CC/C=C/CC(CCCCCC)Oc1ccc(CCCC)cc1. The molecule has 1 aromatic rings. The second kappa shape index (κ2) is 13.2. The average Bonchev–Trinajstić information content (AvgIpc) is 2.58. The smallest absolute Gasteiger partial charge is 0.119 e. The van der Waals surface area contributed by atoms with Crippen molar-refractivity contribution in [3.63, 3.8) is 0 Å². The maximum atomic E-state index is 6.25. The fourth-order valence-corrected chi connectivity index (χ4v) is 2.75. The highest BCUT2D eigenvalue weighted by Crippen LogP contribution is 2.19. The predicted molar refractivity (Wildman–Crippen MR) is 102 cm³/mol. The Hall–Kier alpha value is -1.24. The van der Waals surface area contributed by atoms with Crippen LogP contribution in [0.2, 0.25) is 0 Å². The first-order valence-corrected chi connectivity index (χ1v) is 9.70. The molecule has 0 heterocycles. The molecule has 0 spiro atoms. The second-order valence-corrected chi connectivity index (χ2v) is 6.45. The minimum Gasteiger partial charge on any atom is -0.490 e. The fourth-order valence-electron chi connectivity index (χ4n) is 2.75. The van der Waals surface area contributed by atoms with Crippen molar-refractivity contribution < 1.29 is 4.74 Å². The zero-order valence-corrected chi connectivity index (χ0v) is 15.5. The summed E-state index contributed by atoms with van der Waals surface area (Å²) < 4.78 is 6.25. The Kier molecular flexibility index (Phi) is 11.4. The number of unbranched alkanes of at least 4 members (excludes halogenated alkanes) is 4. The third kappa shape index (κ3) is 9.48. The summed E-state index contributed by atoms with van der Waals surface area (Å²) in [6.07, 6.45) is 17.0. The van der Waals surface area contributed by atoms with Gasteiger partial charge in [0.1, 0.15) is 11.9 Å². The molecule has 0 saturated heterocycles. The lowest BCUT2D eigenvalue weighted by Gasteiger charge is -2.18. The highest BCUT2D eigenvalue weighted by molar-refractivity contribution is 5.27. The summed E-state index contributed by atoms with van der Waals surface area (Å²) in [6.45, 7) is 6.69. The summed E-state index contributed by atoms with van der Waals surface area (Å²) in [4.78, 5) is 0. The summed E-state index contributed by atoms with van der Waals surface area (Å²) >= 11 is 0. The number of hydrogen-bond acceptors (Lipinski definition) is 1. The van der Waals surface area contributed by atoms with Crippen LogP contribution in [0.3, 0.4) is 0 Å². The molecule has 0 aliphatic rings. The van der Waals surface area contributed by atoms with Crippen LogP contribution < -0.4 is 4.74 Å². The van der Waals surface area contributed by atoms with Crippen molar-refractivity contribution in [2.24, 2.45) is 0 Å². The van der Waals surface area contributed by atoms with Gasteiger partial charge in [-0.2, -0.15) is 0 Å². The fraction of sp³-hybridized carbons (Fsp3) is 0.636. The number of benzene rings is 1. The summed E-state index contributed by atoms with van der Waals surface area (Å²) in [5, 5.41) is 0. The number of rotatable bonds is 13. The number of allylic oxidation sites excluding steroid dienone is 1. The van der Waals surface area contributed by atoms with Gasteiger partial charge >= 0.3 is 0 Å². The van der Waals surface area contributed by atoms with Gasteiger partial charge in [-0.25, -0.2) is 0 Å². The number of aryl methyl sites for hydroxylation is 1. The van der Waals surface area contributed by atoms with E-state index < -0.39 is 0 Å². The standard InChI is InChI=1S/C22H36O/c1-4-7-10-12-15-21(14-11-8-5-2)23-22-18-16-20(17-19-22)13-9-6-3/h8,11,16-19,21H,4-7,9-10,12-15H2,1-3H3/b11-8+. The minimum atomic E-state index is 0.316. The summed E-state index contributed by atoms with van der Waals surface area (Å²) in [6, 6.07) is 8.74. The zero-order valence-electron chi connectivity index (χ0n) is 15.5. The van der Waals surface area contributed by atoms with Gasteiger partial charge in [-0.05, 0) is 49.8 Å². The summed E-state index contributed by atoms with van der Waals surface area (Å²) in [5.41, 5.74) is 1.42. The van der Waals surface area contributed by atoms with Gasteiger partial charge in [-0.15, -0.1) is 0 Å². The molecular weight excluding hydrogens is 280 g/mol. The van der Waals surface area contributed by atoms with Crippen molar-refractivity contribution in [2.75, 3.05) is 0 Å². The highest BCUT2D eigenvalue weighted by Gasteiger charge is 2.09. The molecular formula is C22H36O. The van der Waals surface area contributed by atoms with E-state index in [4.69, 9.17) is 4.74 Å².